The summed E-state index contributed by atoms with van der Waals surface area (Å²) in [5.41, 5.74) is 6.03. The molecular formula is C12H14F3N3O. The van der Waals surface area contributed by atoms with Gasteiger partial charge in [0.05, 0.1) is 11.5 Å². The van der Waals surface area contributed by atoms with Crippen molar-refractivity contribution in [1.29, 1.82) is 0 Å². The fraction of sp³-hybridized carbons (Fsp3) is 0.500. The molecule has 1 aliphatic heterocycles. The van der Waals surface area contributed by atoms with E-state index < -0.39 is 18.0 Å². The smallest absolute Gasteiger partial charge is 0.393 e. The number of piperidine rings is 1. The summed E-state index contributed by atoms with van der Waals surface area (Å²) in [7, 11) is 0. The van der Waals surface area contributed by atoms with Crippen LogP contribution in [0.3, 0.4) is 0 Å². The molecule has 7 heteroatoms. The first-order valence-electron chi connectivity index (χ1n) is 5.95. The number of nitrogens with two attached hydrogens (primary N) is 1. The second-order valence-corrected chi connectivity index (χ2v) is 4.59. The Labute approximate surface area is 108 Å². The quantitative estimate of drug-likeness (QED) is 0.852. The molecule has 1 atom stereocenters. The van der Waals surface area contributed by atoms with Crippen molar-refractivity contribution in [2.24, 2.45) is 5.92 Å². The first-order valence-corrected chi connectivity index (χ1v) is 5.95. The van der Waals surface area contributed by atoms with E-state index in [9.17, 15) is 18.0 Å². The van der Waals surface area contributed by atoms with Crippen molar-refractivity contribution >= 4 is 11.6 Å². The average Bonchev–Trinajstić information content (AvgIpc) is 2.38. The van der Waals surface area contributed by atoms with Crippen LogP contribution in [0, 0.1) is 5.92 Å². The topological polar surface area (TPSA) is 59.2 Å². The number of likely N-dealkylation sites (tertiary alicyclic amines) is 1. The maximum Gasteiger partial charge on any atom is 0.393 e. The molecule has 2 rings (SSSR count). The molecule has 2 heterocycles. The van der Waals surface area contributed by atoms with Crippen molar-refractivity contribution in [3.63, 3.8) is 0 Å². The number of alkyl halides is 3. The zero-order chi connectivity index (χ0) is 14.0. The van der Waals surface area contributed by atoms with E-state index in [4.69, 9.17) is 5.73 Å². The summed E-state index contributed by atoms with van der Waals surface area (Å²) in [5.74, 6) is -1.94. The van der Waals surface area contributed by atoms with Crippen molar-refractivity contribution in [2.45, 2.75) is 19.0 Å². The zero-order valence-electron chi connectivity index (χ0n) is 10.2. The molecule has 0 saturated carbocycles. The summed E-state index contributed by atoms with van der Waals surface area (Å²) in [6.45, 7) is 0.0103. The van der Waals surface area contributed by atoms with E-state index in [1.165, 1.54) is 23.4 Å². The number of halogens is 3. The van der Waals surface area contributed by atoms with Gasteiger partial charge in [-0.15, -0.1) is 0 Å². The molecule has 0 radical (unpaired) electrons. The van der Waals surface area contributed by atoms with Gasteiger partial charge in [0.25, 0.3) is 5.91 Å². The van der Waals surface area contributed by atoms with Crippen LogP contribution in [-0.2, 0) is 0 Å². The average molecular weight is 273 g/mol. The van der Waals surface area contributed by atoms with Crippen LogP contribution in [0.25, 0.3) is 0 Å². The second kappa shape index (κ2) is 5.07. The molecule has 0 unspecified atom stereocenters. The Hall–Kier alpha value is -1.79. The highest BCUT2D eigenvalue weighted by Crippen LogP contribution is 2.33. The lowest BCUT2D eigenvalue weighted by Gasteiger charge is -2.33. The number of amides is 1. The molecule has 0 aromatic carbocycles. The molecule has 1 aliphatic rings. The van der Waals surface area contributed by atoms with Crippen molar-refractivity contribution in [3.8, 4) is 0 Å². The van der Waals surface area contributed by atoms with E-state index in [-0.39, 0.29) is 24.2 Å². The number of nitrogens with zero attached hydrogens (tertiary/aromatic N) is 2. The highest BCUT2D eigenvalue weighted by molar-refractivity contribution is 5.98. The van der Waals surface area contributed by atoms with E-state index in [2.05, 4.69) is 4.98 Å². The SMILES string of the molecule is Nc1ccncc1C(=O)N1CCC[C@H](C(F)(F)F)C1. The minimum absolute atomic E-state index is 0.0653. The first kappa shape index (κ1) is 13.6. The standard InChI is InChI=1S/C12H14F3N3O/c13-12(14,15)8-2-1-5-18(7-8)11(19)9-6-17-4-3-10(9)16/h3-4,6,8H,1-2,5,7H2,(H2,16,17)/t8-/m0/s1. The number of aromatic nitrogens is 1. The molecule has 2 N–H and O–H groups in total. The molecule has 19 heavy (non-hydrogen) atoms. The Bertz CT molecular complexity index is 476. The molecule has 104 valence electrons. The lowest BCUT2D eigenvalue weighted by molar-refractivity contribution is -0.184. The Morgan fingerprint density at radius 3 is 2.84 bits per heavy atom. The van der Waals surface area contributed by atoms with Gasteiger partial charge < -0.3 is 10.6 Å². The van der Waals surface area contributed by atoms with Gasteiger partial charge in [0, 0.05) is 31.2 Å². The maximum atomic E-state index is 12.7. The second-order valence-electron chi connectivity index (χ2n) is 4.59. The summed E-state index contributed by atoms with van der Waals surface area (Å²) < 4.78 is 38.1. The van der Waals surface area contributed by atoms with Crippen LogP contribution < -0.4 is 5.73 Å². The van der Waals surface area contributed by atoms with Crippen LogP contribution in [0.5, 0.6) is 0 Å². The summed E-state index contributed by atoms with van der Waals surface area (Å²) in [6, 6.07) is 1.46. The number of carbonyl (C=O) groups is 1. The fourth-order valence-electron chi connectivity index (χ4n) is 2.18. The highest BCUT2D eigenvalue weighted by Gasteiger charge is 2.42. The predicted octanol–water partition coefficient (Wildman–Crippen LogP) is 2.08. The molecule has 1 aromatic rings. The highest BCUT2D eigenvalue weighted by atomic mass is 19.4. The normalized spacial score (nSPS) is 20.4. The van der Waals surface area contributed by atoms with Gasteiger partial charge in [-0.25, -0.2) is 0 Å². The van der Waals surface area contributed by atoms with Crippen molar-refractivity contribution in [3.05, 3.63) is 24.0 Å². The molecule has 1 saturated heterocycles. The van der Waals surface area contributed by atoms with Crippen LogP contribution in [0.1, 0.15) is 23.2 Å². The van der Waals surface area contributed by atoms with Crippen molar-refractivity contribution in [1.82, 2.24) is 9.88 Å². The maximum absolute atomic E-state index is 12.7. The fourth-order valence-corrected chi connectivity index (χ4v) is 2.18. The summed E-state index contributed by atoms with van der Waals surface area (Å²) in [6.07, 6.45) is -1.14. The zero-order valence-corrected chi connectivity index (χ0v) is 10.2. The number of hydrogen-bond acceptors (Lipinski definition) is 3. The van der Waals surface area contributed by atoms with Gasteiger partial charge in [-0.1, -0.05) is 0 Å². The van der Waals surface area contributed by atoms with Gasteiger partial charge in [0.15, 0.2) is 0 Å². The van der Waals surface area contributed by atoms with Gasteiger partial charge in [-0.2, -0.15) is 13.2 Å². The third-order valence-corrected chi connectivity index (χ3v) is 3.26. The van der Waals surface area contributed by atoms with E-state index in [1.54, 1.807) is 0 Å². The van der Waals surface area contributed by atoms with E-state index in [0.29, 0.717) is 13.0 Å². The van der Waals surface area contributed by atoms with Crippen molar-refractivity contribution < 1.29 is 18.0 Å². The number of pyridine rings is 1. The molecule has 0 bridgehead atoms. The van der Waals surface area contributed by atoms with Crippen molar-refractivity contribution in [2.75, 3.05) is 18.8 Å². The number of anilines is 1. The van der Waals surface area contributed by atoms with Crippen LogP contribution >= 0.6 is 0 Å². The molecule has 4 nitrogen and oxygen atoms in total. The van der Waals surface area contributed by atoms with Crippen LogP contribution in [0.15, 0.2) is 18.5 Å². The van der Waals surface area contributed by atoms with E-state index >= 15 is 0 Å². The van der Waals surface area contributed by atoms with E-state index in [0.717, 1.165) is 0 Å². The molecule has 1 amide bonds. The minimum Gasteiger partial charge on any atom is -0.398 e. The Morgan fingerprint density at radius 2 is 2.21 bits per heavy atom. The number of carbonyl (C=O) groups excluding carboxylic acids is 1. The molecular weight excluding hydrogens is 259 g/mol. The Morgan fingerprint density at radius 1 is 1.47 bits per heavy atom. The minimum atomic E-state index is -4.26. The van der Waals surface area contributed by atoms with Gasteiger partial charge in [-0.3, -0.25) is 9.78 Å². The molecule has 1 fully saturated rings. The van der Waals surface area contributed by atoms with Gasteiger partial charge in [0.2, 0.25) is 0 Å². The lowest BCUT2D eigenvalue weighted by Crippen LogP contribution is -2.44. The first-order chi connectivity index (χ1) is 8.89. The lowest BCUT2D eigenvalue weighted by atomic mass is 9.97. The van der Waals surface area contributed by atoms with Gasteiger partial charge in [-0.05, 0) is 18.9 Å². The Balaban J connectivity index is 2.14. The van der Waals surface area contributed by atoms with Gasteiger partial charge in [0.1, 0.15) is 0 Å². The van der Waals surface area contributed by atoms with E-state index in [1.807, 2.05) is 0 Å². The van der Waals surface area contributed by atoms with Crippen LogP contribution in [0.2, 0.25) is 0 Å². The number of rotatable bonds is 1. The summed E-state index contributed by atoms with van der Waals surface area (Å²) >= 11 is 0. The molecule has 0 spiro atoms. The number of nitrogen functional groups attached to an aromatic ring is 1. The van der Waals surface area contributed by atoms with Gasteiger partial charge >= 0.3 is 6.18 Å². The van der Waals surface area contributed by atoms with Crippen LogP contribution in [-0.4, -0.2) is 35.1 Å². The molecule has 0 aliphatic carbocycles. The monoisotopic (exact) mass is 273 g/mol. The van der Waals surface area contributed by atoms with Crippen LogP contribution in [0.4, 0.5) is 18.9 Å². The Kier molecular flexibility index (Phi) is 3.64. The largest absolute Gasteiger partial charge is 0.398 e. The predicted molar refractivity (Wildman–Crippen MR) is 63.3 cm³/mol. The third-order valence-electron chi connectivity index (χ3n) is 3.26. The summed E-state index contributed by atoms with van der Waals surface area (Å²) in [4.78, 5) is 17.1. The molecule has 1 aromatic heterocycles. The third kappa shape index (κ3) is 2.97. The number of hydrogen-bond donors (Lipinski definition) is 1. The summed E-state index contributed by atoms with van der Waals surface area (Å²) in [5, 5.41) is 0.